The number of rotatable bonds is 6. The van der Waals surface area contributed by atoms with Gasteiger partial charge in [-0.3, -0.25) is 4.79 Å². The SMILES string of the molecule is O=C(N/N=C/c1ccccc1OCc1ccc2ccccc2c1)c1cc2cc(Br)ccc2o1. The van der Waals surface area contributed by atoms with Crippen molar-refractivity contribution in [3.8, 4) is 5.75 Å². The molecule has 5 nitrogen and oxygen atoms in total. The van der Waals surface area contributed by atoms with E-state index in [1.165, 1.54) is 10.8 Å². The average Bonchev–Trinajstić information content (AvgIpc) is 3.26. The summed E-state index contributed by atoms with van der Waals surface area (Å²) in [6.07, 6.45) is 1.56. The van der Waals surface area contributed by atoms with Gasteiger partial charge in [0.2, 0.25) is 0 Å². The summed E-state index contributed by atoms with van der Waals surface area (Å²) < 4.78 is 12.6. The lowest BCUT2D eigenvalue weighted by Gasteiger charge is -2.10. The summed E-state index contributed by atoms with van der Waals surface area (Å²) in [5.74, 6) is 0.450. The van der Waals surface area contributed by atoms with Crippen molar-refractivity contribution in [1.29, 1.82) is 0 Å². The van der Waals surface area contributed by atoms with E-state index in [2.05, 4.69) is 56.8 Å². The minimum Gasteiger partial charge on any atom is -0.488 e. The lowest BCUT2D eigenvalue weighted by atomic mass is 10.1. The number of nitrogens with one attached hydrogen (secondary N) is 1. The van der Waals surface area contributed by atoms with Crippen LogP contribution < -0.4 is 10.2 Å². The van der Waals surface area contributed by atoms with Crippen LogP contribution in [0.1, 0.15) is 21.7 Å². The van der Waals surface area contributed by atoms with Crippen LogP contribution in [0.15, 0.2) is 105 Å². The number of hydrogen-bond donors (Lipinski definition) is 1. The van der Waals surface area contributed by atoms with Gasteiger partial charge in [-0.25, -0.2) is 5.43 Å². The predicted octanol–water partition coefficient (Wildman–Crippen LogP) is 6.69. The molecule has 0 spiro atoms. The molecule has 0 bridgehead atoms. The maximum Gasteiger partial charge on any atom is 0.307 e. The van der Waals surface area contributed by atoms with Gasteiger partial charge in [0.15, 0.2) is 5.76 Å². The van der Waals surface area contributed by atoms with Gasteiger partial charge in [-0.1, -0.05) is 64.5 Å². The third kappa shape index (κ3) is 4.81. The quantitative estimate of drug-likeness (QED) is 0.209. The number of nitrogens with zero attached hydrogens (tertiary/aromatic N) is 1. The molecule has 0 saturated heterocycles. The van der Waals surface area contributed by atoms with Crippen molar-refractivity contribution in [3.05, 3.63) is 112 Å². The number of benzene rings is 4. The number of amides is 1. The maximum atomic E-state index is 12.4. The topological polar surface area (TPSA) is 63.8 Å². The van der Waals surface area contributed by atoms with Gasteiger partial charge < -0.3 is 9.15 Å². The lowest BCUT2D eigenvalue weighted by Crippen LogP contribution is -2.16. The first kappa shape index (κ1) is 21.0. The van der Waals surface area contributed by atoms with Crippen LogP contribution in [0.4, 0.5) is 0 Å². The number of carbonyl (C=O) groups is 1. The molecule has 5 rings (SSSR count). The summed E-state index contributed by atoms with van der Waals surface area (Å²) >= 11 is 3.41. The standard InChI is InChI=1S/C27H19BrN2O3/c28-23-11-12-25-22(14-23)15-26(33-25)27(31)30-29-16-21-7-3-4-8-24(21)32-17-18-9-10-19-5-1-2-6-20(19)13-18/h1-16H,17H2,(H,30,31)/b29-16+. The second kappa shape index (κ2) is 9.30. The van der Waals surface area contributed by atoms with Gasteiger partial charge in [-0.05, 0) is 58.8 Å². The molecule has 0 fully saturated rings. The zero-order valence-corrected chi connectivity index (χ0v) is 19.1. The van der Waals surface area contributed by atoms with E-state index in [1.807, 2.05) is 54.6 Å². The highest BCUT2D eigenvalue weighted by Crippen LogP contribution is 2.23. The molecule has 0 aliphatic rings. The van der Waals surface area contributed by atoms with Crippen molar-refractivity contribution in [3.63, 3.8) is 0 Å². The van der Waals surface area contributed by atoms with Gasteiger partial charge in [0.1, 0.15) is 17.9 Å². The molecule has 162 valence electrons. The van der Waals surface area contributed by atoms with Crippen molar-refractivity contribution in [2.75, 3.05) is 0 Å². The molecule has 0 aliphatic carbocycles. The van der Waals surface area contributed by atoms with Gasteiger partial charge in [0, 0.05) is 15.4 Å². The van der Waals surface area contributed by atoms with E-state index in [4.69, 9.17) is 9.15 Å². The fraction of sp³-hybridized carbons (Fsp3) is 0.0370. The molecule has 1 amide bonds. The van der Waals surface area contributed by atoms with Crippen LogP contribution in [0.3, 0.4) is 0 Å². The predicted molar refractivity (Wildman–Crippen MR) is 134 cm³/mol. The molecule has 1 heterocycles. The van der Waals surface area contributed by atoms with E-state index in [0.717, 1.165) is 21.0 Å². The van der Waals surface area contributed by atoms with E-state index in [-0.39, 0.29) is 5.76 Å². The molecular weight excluding hydrogens is 480 g/mol. The van der Waals surface area contributed by atoms with Crippen LogP contribution in [0.2, 0.25) is 0 Å². The van der Waals surface area contributed by atoms with Crippen LogP contribution in [-0.4, -0.2) is 12.1 Å². The molecule has 1 N–H and O–H groups in total. The van der Waals surface area contributed by atoms with E-state index in [0.29, 0.717) is 17.9 Å². The highest BCUT2D eigenvalue weighted by atomic mass is 79.9. The third-order valence-electron chi connectivity index (χ3n) is 5.20. The van der Waals surface area contributed by atoms with Gasteiger partial charge in [-0.15, -0.1) is 0 Å². The van der Waals surface area contributed by atoms with Gasteiger partial charge in [-0.2, -0.15) is 5.10 Å². The number of para-hydroxylation sites is 1. The van der Waals surface area contributed by atoms with Crippen molar-refractivity contribution in [1.82, 2.24) is 5.43 Å². The Labute approximate surface area is 198 Å². The molecule has 0 atom stereocenters. The molecule has 0 radical (unpaired) electrons. The first-order valence-corrected chi connectivity index (χ1v) is 11.2. The van der Waals surface area contributed by atoms with Crippen LogP contribution in [-0.2, 0) is 6.61 Å². The summed E-state index contributed by atoms with van der Waals surface area (Å²) in [5, 5.41) is 7.30. The second-order valence-electron chi connectivity index (χ2n) is 7.50. The van der Waals surface area contributed by atoms with Crippen molar-refractivity contribution < 1.29 is 13.9 Å². The fourth-order valence-corrected chi connectivity index (χ4v) is 3.93. The summed E-state index contributed by atoms with van der Waals surface area (Å²) in [4.78, 5) is 12.4. The maximum absolute atomic E-state index is 12.4. The van der Waals surface area contributed by atoms with Crippen LogP contribution in [0, 0.1) is 0 Å². The van der Waals surface area contributed by atoms with Crippen molar-refractivity contribution in [2.45, 2.75) is 6.61 Å². The van der Waals surface area contributed by atoms with Gasteiger partial charge in [0.25, 0.3) is 0 Å². The van der Waals surface area contributed by atoms with Crippen LogP contribution in [0.5, 0.6) is 5.75 Å². The minimum atomic E-state index is -0.423. The molecule has 0 aliphatic heterocycles. The van der Waals surface area contributed by atoms with E-state index < -0.39 is 5.91 Å². The lowest BCUT2D eigenvalue weighted by molar-refractivity contribution is 0.0929. The summed E-state index contributed by atoms with van der Waals surface area (Å²) in [6, 6.07) is 29.3. The molecular formula is C27H19BrN2O3. The second-order valence-corrected chi connectivity index (χ2v) is 8.42. The number of fused-ring (bicyclic) bond motifs is 2. The number of hydrazone groups is 1. The molecule has 33 heavy (non-hydrogen) atoms. The number of ether oxygens (including phenoxy) is 1. The Morgan fingerprint density at radius 3 is 2.64 bits per heavy atom. The van der Waals surface area contributed by atoms with Crippen LogP contribution in [0.25, 0.3) is 21.7 Å². The molecule has 6 heteroatoms. The highest BCUT2D eigenvalue weighted by molar-refractivity contribution is 9.10. The van der Waals surface area contributed by atoms with Crippen molar-refractivity contribution >= 4 is 49.8 Å². The molecule has 1 aromatic heterocycles. The Bertz CT molecular complexity index is 1490. The fourth-order valence-electron chi connectivity index (χ4n) is 3.55. The van der Waals surface area contributed by atoms with Gasteiger partial charge >= 0.3 is 5.91 Å². The molecule has 0 saturated carbocycles. The minimum absolute atomic E-state index is 0.195. The zero-order valence-electron chi connectivity index (χ0n) is 17.5. The zero-order chi connectivity index (χ0) is 22.6. The summed E-state index contributed by atoms with van der Waals surface area (Å²) in [7, 11) is 0. The van der Waals surface area contributed by atoms with Crippen LogP contribution >= 0.6 is 15.9 Å². The number of carbonyl (C=O) groups excluding carboxylic acids is 1. The smallest absolute Gasteiger partial charge is 0.307 e. The number of furan rings is 1. The first-order chi connectivity index (χ1) is 16.2. The highest BCUT2D eigenvalue weighted by Gasteiger charge is 2.12. The van der Waals surface area contributed by atoms with E-state index >= 15 is 0 Å². The Balaban J connectivity index is 1.26. The monoisotopic (exact) mass is 498 g/mol. The number of halogens is 1. The Kier molecular flexibility index (Phi) is 5.91. The van der Waals surface area contributed by atoms with E-state index in [1.54, 1.807) is 12.3 Å². The third-order valence-corrected chi connectivity index (χ3v) is 5.69. The normalized spacial score (nSPS) is 11.3. The average molecular weight is 499 g/mol. The molecule has 0 unspecified atom stereocenters. The Morgan fingerprint density at radius 1 is 0.909 bits per heavy atom. The summed E-state index contributed by atoms with van der Waals surface area (Å²) in [5.41, 5.74) is 4.98. The first-order valence-electron chi connectivity index (χ1n) is 10.4. The largest absolute Gasteiger partial charge is 0.488 e. The number of hydrogen-bond acceptors (Lipinski definition) is 4. The molecule has 4 aromatic carbocycles. The Hall–Kier alpha value is -3.90. The Morgan fingerprint density at radius 2 is 1.73 bits per heavy atom. The molecule has 5 aromatic rings. The summed E-state index contributed by atoms with van der Waals surface area (Å²) in [6.45, 7) is 0.427. The van der Waals surface area contributed by atoms with Gasteiger partial charge in [0.05, 0.1) is 6.21 Å². The van der Waals surface area contributed by atoms with E-state index in [9.17, 15) is 4.79 Å². The van der Waals surface area contributed by atoms with Crippen molar-refractivity contribution in [2.24, 2.45) is 5.10 Å².